The molecule has 0 aromatic carbocycles. The predicted molar refractivity (Wildman–Crippen MR) is 74.1 cm³/mol. The molecule has 2 saturated carbocycles. The van der Waals surface area contributed by atoms with Crippen molar-refractivity contribution in [3.8, 4) is 0 Å². The minimum Gasteiger partial charge on any atom is -0.465 e. The number of ether oxygens (including phenoxy) is 2. The number of nitrogens with zero attached hydrogens (tertiary/aromatic N) is 1. The molecular weight excluding hydrogens is 258 g/mol. The van der Waals surface area contributed by atoms with Crippen LogP contribution in [0, 0.1) is 11.8 Å². The lowest BCUT2D eigenvalue weighted by atomic mass is 10.3. The first-order valence-corrected chi connectivity index (χ1v) is 7.66. The number of hydrogen-bond acceptors (Lipinski definition) is 4. The summed E-state index contributed by atoms with van der Waals surface area (Å²) in [6.07, 6.45) is 4.22. The van der Waals surface area contributed by atoms with E-state index in [4.69, 9.17) is 9.47 Å². The van der Waals surface area contributed by atoms with Gasteiger partial charge in [0, 0.05) is 6.54 Å². The highest BCUT2D eigenvalue weighted by Gasteiger charge is 2.31. The molecule has 2 fully saturated rings. The van der Waals surface area contributed by atoms with Crippen LogP contribution in [0.25, 0.3) is 0 Å². The lowest BCUT2D eigenvalue weighted by Crippen LogP contribution is -2.43. The van der Waals surface area contributed by atoms with E-state index in [0.29, 0.717) is 31.6 Å². The molecule has 1 atom stereocenters. The highest BCUT2D eigenvalue weighted by atomic mass is 16.5. The van der Waals surface area contributed by atoms with Crippen LogP contribution in [0.15, 0.2) is 0 Å². The number of hydrogen-bond donors (Lipinski definition) is 0. The van der Waals surface area contributed by atoms with Gasteiger partial charge in [-0.15, -0.1) is 0 Å². The van der Waals surface area contributed by atoms with Crippen molar-refractivity contribution in [1.82, 2.24) is 4.90 Å². The number of rotatable bonds is 9. The van der Waals surface area contributed by atoms with Gasteiger partial charge < -0.3 is 14.4 Å². The average molecular weight is 283 g/mol. The molecule has 1 amide bonds. The average Bonchev–Trinajstić information content (AvgIpc) is 3.28. The van der Waals surface area contributed by atoms with Gasteiger partial charge in [0.15, 0.2) is 0 Å². The Balaban J connectivity index is 1.82. The summed E-state index contributed by atoms with van der Waals surface area (Å²) in [4.78, 5) is 25.6. The standard InChI is InChI=1S/C15H25NO4/c1-3-19-14(17)9-16(8-12-4-5-12)15(18)11(2)20-10-13-6-7-13/h11-13H,3-10H2,1-2H3/t11-/m0/s1. The van der Waals surface area contributed by atoms with Crippen molar-refractivity contribution in [2.45, 2.75) is 45.6 Å². The minimum atomic E-state index is -0.469. The molecule has 2 rings (SSSR count). The van der Waals surface area contributed by atoms with Gasteiger partial charge in [-0.1, -0.05) is 0 Å². The van der Waals surface area contributed by atoms with Crippen molar-refractivity contribution in [2.75, 3.05) is 26.3 Å². The summed E-state index contributed by atoms with van der Waals surface area (Å²) in [6.45, 7) is 5.23. The number of carbonyl (C=O) groups excluding carboxylic acids is 2. The summed E-state index contributed by atoms with van der Waals surface area (Å²) in [5.74, 6) is 0.748. The molecule has 0 bridgehead atoms. The Morgan fingerprint density at radius 1 is 1.20 bits per heavy atom. The van der Waals surface area contributed by atoms with E-state index in [9.17, 15) is 9.59 Å². The molecule has 0 saturated heterocycles. The molecule has 0 aliphatic heterocycles. The maximum absolute atomic E-state index is 12.4. The second kappa shape index (κ2) is 7.07. The van der Waals surface area contributed by atoms with E-state index in [2.05, 4.69) is 0 Å². The molecule has 0 radical (unpaired) electrons. The normalized spacial score (nSPS) is 19.5. The smallest absolute Gasteiger partial charge is 0.325 e. The fourth-order valence-electron chi connectivity index (χ4n) is 2.10. The first-order valence-electron chi connectivity index (χ1n) is 7.66. The van der Waals surface area contributed by atoms with Crippen molar-refractivity contribution < 1.29 is 19.1 Å². The zero-order valence-electron chi connectivity index (χ0n) is 12.5. The summed E-state index contributed by atoms with van der Waals surface area (Å²) < 4.78 is 10.5. The van der Waals surface area contributed by atoms with E-state index in [1.165, 1.54) is 12.8 Å². The van der Waals surface area contributed by atoms with Crippen LogP contribution in [0.4, 0.5) is 0 Å². The second-order valence-corrected chi connectivity index (χ2v) is 5.89. The third-order valence-corrected chi connectivity index (χ3v) is 3.74. The summed E-state index contributed by atoms with van der Waals surface area (Å²) in [6, 6.07) is 0. The third kappa shape index (κ3) is 5.12. The van der Waals surface area contributed by atoms with E-state index < -0.39 is 6.10 Å². The molecule has 0 N–H and O–H groups in total. The minimum absolute atomic E-state index is 0.0420. The molecule has 0 heterocycles. The molecule has 0 unspecified atom stereocenters. The van der Waals surface area contributed by atoms with Crippen LogP contribution in [0.1, 0.15) is 39.5 Å². The highest BCUT2D eigenvalue weighted by Crippen LogP contribution is 2.31. The molecule has 114 valence electrons. The van der Waals surface area contributed by atoms with Gasteiger partial charge >= 0.3 is 5.97 Å². The molecule has 2 aliphatic rings. The van der Waals surface area contributed by atoms with Gasteiger partial charge in [0.1, 0.15) is 12.6 Å². The quantitative estimate of drug-likeness (QED) is 0.603. The molecule has 0 spiro atoms. The fraction of sp³-hybridized carbons (Fsp3) is 0.867. The van der Waals surface area contributed by atoms with Gasteiger partial charge in [-0.2, -0.15) is 0 Å². The summed E-state index contributed by atoms with van der Waals surface area (Å²) in [7, 11) is 0. The van der Waals surface area contributed by atoms with Gasteiger partial charge in [-0.3, -0.25) is 9.59 Å². The summed E-state index contributed by atoms with van der Waals surface area (Å²) in [5, 5.41) is 0. The van der Waals surface area contributed by atoms with Crippen LogP contribution in [0.3, 0.4) is 0 Å². The monoisotopic (exact) mass is 283 g/mol. The van der Waals surface area contributed by atoms with Gasteiger partial charge in [0.2, 0.25) is 0 Å². The second-order valence-electron chi connectivity index (χ2n) is 5.89. The lowest BCUT2D eigenvalue weighted by molar-refractivity contribution is -0.153. The third-order valence-electron chi connectivity index (χ3n) is 3.74. The Morgan fingerprint density at radius 2 is 1.85 bits per heavy atom. The Morgan fingerprint density at radius 3 is 2.40 bits per heavy atom. The molecule has 0 aromatic heterocycles. The maximum Gasteiger partial charge on any atom is 0.325 e. The van der Waals surface area contributed by atoms with Gasteiger partial charge in [0.05, 0.1) is 13.2 Å². The molecule has 2 aliphatic carbocycles. The summed E-state index contributed by atoms with van der Waals surface area (Å²) >= 11 is 0. The first-order chi connectivity index (χ1) is 9.60. The van der Waals surface area contributed by atoms with Crippen LogP contribution in [-0.2, 0) is 19.1 Å². The molecule has 0 aromatic rings. The lowest BCUT2D eigenvalue weighted by Gasteiger charge is -2.25. The Kier molecular flexibility index (Phi) is 5.40. The van der Waals surface area contributed by atoms with Crippen LogP contribution in [0.2, 0.25) is 0 Å². The SMILES string of the molecule is CCOC(=O)CN(CC1CC1)C(=O)[C@H](C)OCC1CC1. The largest absolute Gasteiger partial charge is 0.465 e. The fourth-order valence-corrected chi connectivity index (χ4v) is 2.10. The first kappa shape index (κ1) is 15.3. The highest BCUT2D eigenvalue weighted by molar-refractivity contribution is 5.84. The maximum atomic E-state index is 12.4. The van der Waals surface area contributed by atoms with Crippen molar-refractivity contribution in [3.05, 3.63) is 0 Å². The zero-order valence-corrected chi connectivity index (χ0v) is 12.5. The Hall–Kier alpha value is -1.10. The Bertz CT molecular complexity index is 350. The number of esters is 1. The van der Waals surface area contributed by atoms with E-state index in [-0.39, 0.29) is 18.4 Å². The van der Waals surface area contributed by atoms with Gasteiger partial charge in [0.25, 0.3) is 5.91 Å². The summed E-state index contributed by atoms with van der Waals surface area (Å²) in [5.41, 5.74) is 0. The molecule has 5 nitrogen and oxygen atoms in total. The van der Waals surface area contributed by atoms with Gasteiger partial charge in [-0.25, -0.2) is 0 Å². The predicted octanol–water partition coefficient (Wildman–Crippen LogP) is 1.60. The molecular formula is C15H25NO4. The van der Waals surface area contributed by atoms with E-state index >= 15 is 0 Å². The van der Waals surface area contributed by atoms with E-state index in [1.54, 1.807) is 18.7 Å². The Labute approximate surface area is 120 Å². The van der Waals surface area contributed by atoms with Crippen molar-refractivity contribution in [3.63, 3.8) is 0 Å². The van der Waals surface area contributed by atoms with E-state index in [0.717, 1.165) is 12.8 Å². The van der Waals surface area contributed by atoms with Crippen molar-refractivity contribution in [2.24, 2.45) is 11.8 Å². The molecule has 20 heavy (non-hydrogen) atoms. The van der Waals surface area contributed by atoms with Crippen molar-refractivity contribution >= 4 is 11.9 Å². The van der Waals surface area contributed by atoms with Gasteiger partial charge in [-0.05, 0) is 51.4 Å². The topological polar surface area (TPSA) is 55.8 Å². The van der Waals surface area contributed by atoms with E-state index in [1.807, 2.05) is 0 Å². The molecule has 5 heteroatoms. The van der Waals surface area contributed by atoms with Crippen LogP contribution < -0.4 is 0 Å². The van der Waals surface area contributed by atoms with Crippen molar-refractivity contribution in [1.29, 1.82) is 0 Å². The number of amides is 1. The number of carbonyl (C=O) groups is 2. The van der Waals surface area contributed by atoms with Crippen LogP contribution in [-0.4, -0.2) is 49.2 Å². The zero-order chi connectivity index (χ0) is 14.5. The van der Waals surface area contributed by atoms with Crippen LogP contribution in [0.5, 0.6) is 0 Å². The van der Waals surface area contributed by atoms with Crippen LogP contribution >= 0.6 is 0 Å².